The lowest BCUT2D eigenvalue weighted by atomic mass is 10.2. The summed E-state index contributed by atoms with van der Waals surface area (Å²) in [4.78, 5) is 22.2. The van der Waals surface area contributed by atoms with Crippen molar-refractivity contribution in [3.8, 4) is 0 Å². The van der Waals surface area contributed by atoms with Crippen molar-refractivity contribution in [2.24, 2.45) is 0 Å². The normalized spacial score (nSPS) is 11.4. The van der Waals surface area contributed by atoms with Crippen LogP contribution in [0.25, 0.3) is 10.2 Å². The molecular weight excluding hydrogens is 362 g/mol. The molecule has 3 rings (SSSR count). The highest BCUT2D eigenvalue weighted by Crippen LogP contribution is 2.33. The summed E-state index contributed by atoms with van der Waals surface area (Å²) in [5, 5.41) is 3.33. The maximum Gasteiger partial charge on any atom is 0.270 e. The smallest absolute Gasteiger partial charge is 0.270 e. The van der Waals surface area contributed by atoms with Crippen molar-refractivity contribution in [1.29, 1.82) is 0 Å². The molecule has 1 aromatic carbocycles. The maximum atomic E-state index is 12.9. The lowest BCUT2D eigenvalue weighted by Gasteiger charge is -2.21. The minimum atomic E-state index is -0.00495. The topological polar surface area (TPSA) is 36.4 Å². The number of amides is 1. The molecule has 0 N–H and O–H groups in total. The van der Waals surface area contributed by atoms with Crippen LogP contribution in [0.4, 0.5) is 5.13 Å². The number of nitrogens with zero attached hydrogens (tertiary/aromatic N) is 3. The molecular formula is C17H18ClN3OS2. The SMILES string of the molecule is Cc1cc(Cl)cc2sc(N(CCN(C)C)C(=O)c3cccs3)nc12. The molecule has 0 aliphatic carbocycles. The third-order valence-electron chi connectivity index (χ3n) is 3.62. The molecule has 7 heteroatoms. The van der Waals surface area contributed by atoms with Crippen LogP contribution in [0.3, 0.4) is 0 Å². The highest BCUT2D eigenvalue weighted by atomic mass is 35.5. The van der Waals surface area contributed by atoms with E-state index in [1.54, 1.807) is 4.90 Å². The monoisotopic (exact) mass is 379 g/mol. The largest absolute Gasteiger partial charge is 0.308 e. The number of anilines is 1. The Morgan fingerprint density at radius 2 is 2.08 bits per heavy atom. The lowest BCUT2D eigenvalue weighted by Crippen LogP contribution is -2.36. The van der Waals surface area contributed by atoms with Crippen LogP contribution in [0, 0.1) is 6.92 Å². The number of benzene rings is 1. The Kier molecular flexibility index (Phi) is 5.20. The molecule has 0 saturated carbocycles. The Bertz CT molecular complexity index is 858. The first-order chi connectivity index (χ1) is 11.5. The van der Waals surface area contributed by atoms with E-state index in [2.05, 4.69) is 4.90 Å². The van der Waals surface area contributed by atoms with Gasteiger partial charge in [-0.3, -0.25) is 9.69 Å². The summed E-state index contributed by atoms with van der Waals surface area (Å²) in [5.41, 5.74) is 1.93. The predicted octanol–water partition coefficient (Wildman–Crippen LogP) is 4.53. The number of fused-ring (bicyclic) bond motifs is 1. The molecule has 3 aromatic rings. The number of likely N-dealkylation sites (N-methyl/N-ethyl adjacent to an activating group) is 1. The van der Waals surface area contributed by atoms with Crippen LogP contribution < -0.4 is 4.90 Å². The second-order valence-electron chi connectivity index (χ2n) is 5.80. The number of rotatable bonds is 5. The molecule has 0 spiro atoms. The molecule has 0 atom stereocenters. The van der Waals surface area contributed by atoms with Gasteiger partial charge in [0.1, 0.15) is 0 Å². The van der Waals surface area contributed by atoms with Crippen LogP contribution in [0.5, 0.6) is 0 Å². The number of carbonyl (C=O) groups excluding carboxylic acids is 1. The van der Waals surface area contributed by atoms with Gasteiger partial charge in [0.2, 0.25) is 0 Å². The summed E-state index contributed by atoms with van der Waals surface area (Å²) in [6.45, 7) is 3.35. The van der Waals surface area contributed by atoms with Gasteiger partial charge in [-0.2, -0.15) is 0 Å². The zero-order valence-corrected chi connectivity index (χ0v) is 16.1. The molecule has 24 heavy (non-hydrogen) atoms. The Labute approximate surface area is 154 Å². The average molecular weight is 380 g/mol. The second-order valence-corrected chi connectivity index (χ2v) is 8.20. The Morgan fingerprint density at radius 3 is 2.75 bits per heavy atom. The third-order valence-corrected chi connectivity index (χ3v) is 5.72. The second kappa shape index (κ2) is 7.19. The van der Waals surface area contributed by atoms with E-state index >= 15 is 0 Å². The van der Waals surface area contributed by atoms with Crippen LogP contribution >= 0.6 is 34.3 Å². The Balaban J connectivity index is 2.01. The Morgan fingerprint density at radius 1 is 1.29 bits per heavy atom. The number of aromatic nitrogens is 1. The van der Waals surface area contributed by atoms with Crippen LogP contribution in [-0.2, 0) is 0 Å². The number of hydrogen-bond donors (Lipinski definition) is 0. The van der Waals surface area contributed by atoms with E-state index < -0.39 is 0 Å². The van der Waals surface area contributed by atoms with Crippen molar-refractivity contribution in [3.05, 3.63) is 45.1 Å². The molecule has 2 heterocycles. The summed E-state index contributed by atoms with van der Waals surface area (Å²) < 4.78 is 1.00. The minimum Gasteiger partial charge on any atom is -0.308 e. The van der Waals surface area contributed by atoms with Gasteiger partial charge < -0.3 is 4.90 Å². The van der Waals surface area contributed by atoms with Crippen LogP contribution in [0.2, 0.25) is 5.02 Å². The molecule has 2 aromatic heterocycles. The van der Waals surface area contributed by atoms with E-state index in [0.29, 0.717) is 11.6 Å². The zero-order chi connectivity index (χ0) is 17.3. The van der Waals surface area contributed by atoms with E-state index in [1.807, 2.05) is 50.7 Å². The molecule has 0 fully saturated rings. The van der Waals surface area contributed by atoms with E-state index in [-0.39, 0.29) is 5.91 Å². The van der Waals surface area contributed by atoms with Gasteiger partial charge in [0.05, 0.1) is 15.1 Å². The van der Waals surface area contributed by atoms with Gasteiger partial charge >= 0.3 is 0 Å². The fraction of sp³-hybridized carbons (Fsp3) is 0.294. The number of carbonyl (C=O) groups is 1. The molecule has 1 amide bonds. The molecule has 0 bridgehead atoms. The third kappa shape index (κ3) is 3.62. The maximum absolute atomic E-state index is 12.9. The summed E-state index contributed by atoms with van der Waals surface area (Å²) >= 11 is 9.11. The Hall–Kier alpha value is -1.47. The summed E-state index contributed by atoms with van der Waals surface area (Å²) in [6, 6.07) is 7.55. The fourth-order valence-electron chi connectivity index (χ4n) is 2.38. The quantitative estimate of drug-likeness (QED) is 0.653. The summed E-state index contributed by atoms with van der Waals surface area (Å²) in [6.07, 6.45) is 0. The highest BCUT2D eigenvalue weighted by molar-refractivity contribution is 7.22. The zero-order valence-electron chi connectivity index (χ0n) is 13.7. The minimum absolute atomic E-state index is 0.00495. The van der Waals surface area contributed by atoms with Gasteiger partial charge in [-0.25, -0.2) is 4.98 Å². The molecule has 0 radical (unpaired) electrons. The van der Waals surface area contributed by atoms with Gasteiger partial charge in [-0.05, 0) is 50.2 Å². The summed E-state index contributed by atoms with van der Waals surface area (Å²) in [5.74, 6) is -0.00495. The first-order valence-corrected chi connectivity index (χ1v) is 9.60. The average Bonchev–Trinajstić information content (AvgIpc) is 3.16. The number of thiazole rings is 1. The van der Waals surface area contributed by atoms with Crippen molar-refractivity contribution in [2.45, 2.75) is 6.92 Å². The van der Waals surface area contributed by atoms with Crippen molar-refractivity contribution in [3.63, 3.8) is 0 Å². The highest BCUT2D eigenvalue weighted by Gasteiger charge is 2.22. The molecule has 0 saturated heterocycles. The molecule has 126 valence electrons. The number of aryl methyl sites for hydroxylation is 1. The van der Waals surface area contributed by atoms with E-state index in [1.165, 1.54) is 22.7 Å². The predicted molar refractivity (Wildman–Crippen MR) is 104 cm³/mol. The van der Waals surface area contributed by atoms with Crippen molar-refractivity contribution < 1.29 is 4.79 Å². The molecule has 0 aliphatic heterocycles. The van der Waals surface area contributed by atoms with Gasteiger partial charge in [-0.15, -0.1) is 11.3 Å². The first kappa shape index (κ1) is 17.4. The van der Waals surface area contributed by atoms with E-state index in [4.69, 9.17) is 16.6 Å². The standard InChI is InChI=1S/C17H18ClN3OS2/c1-11-9-12(18)10-14-15(11)19-17(24-14)21(7-6-20(2)3)16(22)13-5-4-8-23-13/h4-5,8-10H,6-7H2,1-3H3. The lowest BCUT2D eigenvalue weighted by molar-refractivity contribution is 0.0989. The van der Waals surface area contributed by atoms with Crippen molar-refractivity contribution in [2.75, 3.05) is 32.1 Å². The van der Waals surface area contributed by atoms with Crippen LogP contribution in [0.1, 0.15) is 15.2 Å². The van der Waals surface area contributed by atoms with Gasteiger partial charge in [-0.1, -0.05) is 29.0 Å². The van der Waals surface area contributed by atoms with E-state index in [0.717, 1.165) is 32.3 Å². The first-order valence-electron chi connectivity index (χ1n) is 7.52. The van der Waals surface area contributed by atoms with Gasteiger partial charge in [0.25, 0.3) is 5.91 Å². The van der Waals surface area contributed by atoms with Gasteiger partial charge in [0, 0.05) is 18.1 Å². The number of halogens is 1. The van der Waals surface area contributed by atoms with Gasteiger partial charge in [0.15, 0.2) is 5.13 Å². The molecule has 0 aliphatic rings. The van der Waals surface area contributed by atoms with E-state index in [9.17, 15) is 4.79 Å². The summed E-state index contributed by atoms with van der Waals surface area (Å²) in [7, 11) is 3.99. The fourth-order valence-corrected chi connectivity index (χ4v) is 4.49. The number of thiophene rings is 1. The van der Waals surface area contributed by atoms with Crippen LogP contribution in [-0.4, -0.2) is 43.0 Å². The van der Waals surface area contributed by atoms with Crippen molar-refractivity contribution in [1.82, 2.24) is 9.88 Å². The number of hydrogen-bond acceptors (Lipinski definition) is 5. The molecule has 0 unspecified atom stereocenters. The van der Waals surface area contributed by atoms with Crippen molar-refractivity contribution >= 4 is 55.5 Å². The molecule has 4 nitrogen and oxygen atoms in total. The van der Waals surface area contributed by atoms with Crippen LogP contribution in [0.15, 0.2) is 29.6 Å².